The second kappa shape index (κ2) is 26.9. The van der Waals surface area contributed by atoms with Crippen LogP contribution in [0.2, 0.25) is 38.3 Å². The van der Waals surface area contributed by atoms with Crippen LogP contribution in [-0.4, -0.2) is 132 Å². The third-order valence-corrected chi connectivity index (χ3v) is 14.4. The second-order valence-electron chi connectivity index (χ2n) is 14.1. The van der Waals surface area contributed by atoms with Gasteiger partial charge in [-0.1, -0.05) is 0 Å². The third kappa shape index (κ3) is 31.0. The molecule has 0 aromatic heterocycles. The molecule has 0 amide bonds. The molecule has 0 spiro atoms. The summed E-state index contributed by atoms with van der Waals surface area (Å²) in [4.78, 5) is 0. The molecule has 11 nitrogen and oxygen atoms in total. The molecule has 272 valence electrons. The van der Waals surface area contributed by atoms with Gasteiger partial charge in [-0.2, -0.15) is 0 Å². The monoisotopic (exact) mass is 683 g/mol. The van der Waals surface area contributed by atoms with Crippen molar-refractivity contribution in [1.82, 2.24) is 10.6 Å². The lowest BCUT2D eigenvalue weighted by atomic mass is 10.3. The van der Waals surface area contributed by atoms with Gasteiger partial charge in [0.2, 0.25) is 0 Å². The van der Waals surface area contributed by atoms with Crippen LogP contribution in [-0.2, 0) is 32.5 Å². The Labute approximate surface area is 279 Å². The van der Waals surface area contributed by atoms with Gasteiger partial charge in [-0.25, -0.2) is 0 Å². The molecule has 0 aliphatic rings. The highest BCUT2D eigenvalue weighted by Gasteiger charge is 2.32. The highest BCUT2D eigenvalue weighted by atomic mass is 28.4. The van der Waals surface area contributed by atoms with Crippen LogP contribution in [0, 0.1) is 0 Å². The zero-order valence-corrected chi connectivity index (χ0v) is 32.8. The minimum absolute atomic E-state index is 0.0416. The molecule has 0 aromatic carbocycles. The molecule has 0 saturated heterocycles. The van der Waals surface area contributed by atoms with Crippen LogP contribution < -0.4 is 22.1 Å². The molecule has 0 radical (unpaired) electrons. The van der Waals surface area contributed by atoms with E-state index in [1.54, 1.807) is 0 Å². The fourth-order valence-corrected chi connectivity index (χ4v) is 13.6. The SMILES string of the molecule is CC(N)COCC(C)OCCOCC(C)NCCC[Si](C)(C)O[Si](C)(C)CCCNC(C)COCCOC(C)COCC(C)N. The van der Waals surface area contributed by atoms with Crippen molar-refractivity contribution >= 4 is 16.6 Å². The summed E-state index contributed by atoms with van der Waals surface area (Å²) in [7, 11) is -3.42. The standard InChI is InChI=1S/C32H74N4O7Si2/c1-27(33)21-39-25-31(5)41-17-15-37-23-29(3)35-13-11-19-44(7,8)43-45(9,10)20-12-14-36-30(4)24-38-16-18-42-32(6)26-40-22-28(2)34/h27-32,35-36H,11-26,33-34H2,1-10H3. The zero-order valence-electron chi connectivity index (χ0n) is 30.8. The first kappa shape index (κ1) is 45.0. The van der Waals surface area contributed by atoms with Crippen LogP contribution in [0.15, 0.2) is 0 Å². The van der Waals surface area contributed by atoms with Crippen molar-refractivity contribution in [2.45, 2.75) is 129 Å². The van der Waals surface area contributed by atoms with E-state index in [4.69, 9.17) is 44.0 Å². The van der Waals surface area contributed by atoms with E-state index in [2.05, 4.69) is 50.7 Å². The van der Waals surface area contributed by atoms with Crippen molar-refractivity contribution in [3.63, 3.8) is 0 Å². The maximum absolute atomic E-state index is 6.85. The summed E-state index contributed by atoms with van der Waals surface area (Å²) in [5, 5.41) is 7.18. The highest BCUT2D eigenvalue weighted by molar-refractivity contribution is 6.84. The number of hydrogen-bond donors (Lipinski definition) is 4. The topological polar surface area (TPSA) is 141 Å². The van der Waals surface area contributed by atoms with Crippen LogP contribution in [0.1, 0.15) is 54.4 Å². The van der Waals surface area contributed by atoms with Gasteiger partial charge >= 0.3 is 0 Å². The lowest BCUT2D eigenvalue weighted by Crippen LogP contribution is -2.45. The number of nitrogens with two attached hydrogens (primary N) is 2. The van der Waals surface area contributed by atoms with Gasteiger partial charge in [0.05, 0.1) is 78.3 Å². The first-order valence-corrected chi connectivity index (χ1v) is 23.6. The fourth-order valence-electron chi connectivity index (χ4n) is 4.77. The van der Waals surface area contributed by atoms with Crippen LogP contribution in [0.3, 0.4) is 0 Å². The molecular weight excluding hydrogens is 609 g/mol. The Bertz CT molecular complexity index is 627. The Balaban J connectivity index is 3.87. The first-order chi connectivity index (χ1) is 21.1. The fraction of sp³-hybridized carbons (Fsp3) is 1.00. The molecule has 6 unspecified atom stereocenters. The van der Waals surface area contributed by atoms with E-state index >= 15 is 0 Å². The lowest BCUT2D eigenvalue weighted by molar-refractivity contribution is -0.0327. The first-order valence-electron chi connectivity index (χ1n) is 17.3. The smallest absolute Gasteiger partial charge is 0.173 e. The zero-order chi connectivity index (χ0) is 34.1. The summed E-state index contributed by atoms with van der Waals surface area (Å²) in [6.45, 7) is 29.5. The summed E-state index contributed by atoms with van der Waals surface area (Å²) in [6, 6.07) is 3.04. The van der Waals surface area contributed by atoms with Crippen molar-refractivity contribution in [1.29, 1.82) is 0 Å². The number of hydrogen-bond acceptors (Lipinski definition) is 11. The van der Waals surface area contributed by atoms with Crippen LogP contribution in [0.25, 0.3) is 0 Å². The minimum atomic E-state index is -1.71. The van der Waals surface area contributed by atoms with Gasteiger partial charge < -0.3 is 54.6 Å². The van der Waals surface area contributed by atoms with Gasteiger partial charge in [0.25, 0.3) is 0 Å². The Morgan fingerprint density at radius 1 is 0.511 bits per heavy atom. The quantitative estimate of drug-likeness (QED) is 0.0610. The van der Waals surface area contributed by atoms with Gasteiger partial charge in [-0.15, -0.1) is 0 Å². The van der Waals surface area contributed by atoms with Crippen molar-refractivity contribution < 1.29 is 32.5 Å². The van der Waals surface area contributed by atoms with E-state index in [1.807, 2.05) is 27.7 Å². The van der Waals surface area contributed by atoms with Gasteiger partial charge in [-0.3, -0.25) is 0 Å². The van der Waals surface area contributed by atoms with E-state index in [0.717, 1.165) is 38.0 Å². The maximum Gasteiger partial charge on any atom is 0.173 e. The molecule has 0 heterocycles. The molecule has 45 heavy (non-hydrogen) atoms. The number of ether oxygens (including phenoxy) is 6. The molecular formula is C32H74N4O7Si2. The Kier molecular flexibility index (Phi) is 26.9. The van der Waals surface area contributed by atoms with Gasteiger partial charge in [0.1, 0.15) is 0 Å². The maximum atomic E-state index is 6.85. The summed E-state index contributed by atoms with van der Waals surface area (Å²) in [5.41, 5.74) is 11.4. The molecule has 0 fully saturated rings. The Hall–Kier alpha value is -0.00623. The van der Waals surface area contributed by atoms with Crippen LogP contribution in [0.5, 0.6) is 0 Å². The predicted molar refractivity (Wildman–Crippen MR) is 191 cm³/mol. The van der Waals surface area contributed by atoms with E-state index in [1.165, 1.54) is 0 Å². The van der Waals surface area contributed by atoms with Gasteiger partial charge in [0, 0.05) is 24.2 Å². The van der Waals surface area contributed by atoms with Crippen LogP contribution in [0.4, 0.5) is 0 Å². The molecule has 6 atom stereocenters. The van der Waals surface area contributed by atoms with Gasteiger partial charge in [-0.05, 0) is 106 Å². The predicted octanol–water partition coefficient (Wildman–Crippen LogP) is 3.72. The van der Waals surface area contributed by atoms with Crippen molar-refractivity contribution in [2.24, 2.45) is 11.5 Å². The van der Waals surface area contributed by atoms with Crippen molar-refractivity contribution in [3.05, 3.63) is 0 Å². The van der Waals surface area contributed by atoms with E-state index in [0.29, 0.717) is 78.2 Å². The lowest BCUT2D eigenvalue weighted by Gasteiger charge is -2.34. The molecule has 0 rings (SSSR count). The van der Waals surface area contributed by atoms with E-state index in [-0.39, 0.29) is 24.3 Å². The summed E-state index contributed by atoms with van der Waals surface area (Å²) < 4.78 is 40.9. The van der Waals surface area contributed by atoms with Crippen molar-refractivity contribution in [2.75, 3.05) is 79.2 Å². The minimum Gasteiger partial charge on any atom is -0.455 e. The Morgan fingerprint density at radius 3 is 1.24 bits per heavy atom. The van der Waals surface area contributed by atoms with E-state index in [9.17, 15) is 0 Å². The third-order valence-electron chi connectivity index (χ3n) is 6.91. The molecule has 13 heteroatoms. The van der Waals surface area contributed by atoms with Crippen molar-refractivity contribution in [3.8, 4) is 0 Å². The molecule has 0 bridgehead atoms. The molecule has 0 saturated carbocycles. The molecule has 0 aliphatic heterocycles. The number of rotatable bonds is 32. The normalized spacial score (nSPS) is 16.8. The highest BCUT2D eigenvalue weighted by Crippen LogP contribution is 2.23. The average molecular weight is 683 g/mol. The van der Waals surface area contributed by atoms with Crippen LogP contribution >= 0.6 is 0 Å². The largest absolute Gasteiger partial charge is 0.455 e. The summed E-state index contributed by atoms with van der Waals surface area (Å²) in [6.07, 6.45) is 2.33. The molecule has 6 N–H and O–H groups in total. The molecule has 0 aliphatic carbocycles. The summed E-state index contributed by atoms with van der Waals surface area (Å²) >= 11 is 0. The van der Waals surface area contributed by atoms with E-state index < -0.39 is 16.6 Å². The summed E-state index contributed by atoms with van der Waals surface area (Å²) in [5.74, 6) is 0. The molecule has 0 aromatic rings. The number of nitrogens with one attached hydrogen (secondary N) is 2. The second-order valence-corrected chi connectivity index (χ2v) is 22.9. The average Bonchev–Trinajstić information content (AvgIpc) is 2.92. The van der Waals surface area contributed by atoms with Gasteiger partial charge in [0.15, 0.2) is 16.6 Å². The Morgan fingerprint density at radius 2 is 0.889 bits per heavy atom.